The first-order valence-corrected chi connectivity index (χ1v) is 7.45. The van der Waals surface area contributed by atoms with Gasteiger partial charge in [0.1, 0.15) is 5.82 Å². The van der Waals surface area contributed by atoms with Crippen LogP contribution in [0, 0.1) is 0 Å². The van der Waals surface area contributed by atoms with Gasteiger partial charge in [0.2, 0.25) is 5.88 Å². The Bertz CT molecular complexity index is 807. The van der Waals surface area contributed by atoms with E-state index in [0.717, 1.165) is 16.9 Å². The lowest BCUT2D eigenvalue weighted by Crippen LogP contribution is -1.93. The van der Waals surface area contributed by atoms with Gasteiger partial charge in [0.25, 0.3) is 0 Å². The molecule has 3 aromatic rings. The van der Waals surface area contributed by atoms with Gasteiger partial charge < -0.3 is 9.72 Å². The van der Waals surface area contributed by atoms with Gasteiger partial charge in [-0.2, -0.15) is 4.98 Å². The van der Waals surface area contributed by atoms with E-state index in [1.807, 2.05) is 19.1 Å². The molecule has 0 saturated carbocycles. The molecule has 4 heteroatoms. The second-order valence-corrected chi connectivity index (χ2v) is 5.38. The summed E-state index contributed by atoms with van der Waals surface area (Å²) in [5, 5.41) is 0. The normalized spacial score (nSPS) is 13.6. The zero-order valence-electron chi connectivity index (χ0n) is 12.0. The van der Waals surface area contributed by atoms with E-state index in [-0.39, 0.29) is 0 Å². The highest BCUT2D eigenvalue weighted by Gasteiger charge is 2.13. The highest BCUT2D eigenvalue weighted by Crippen LogP contribution is 2.28. The number of hydrogen-bond donors (Lipinski definition) is 1. The lowest BCUT2D eigenvalue weighted by molar-refractivity contribution is 0.328. The van der Waals surface area contributed by atoms with Gasteiger partial charge in [0.15, 0.2) is 5.65 Å². The van der Waals surface area contributed by atoms with Crippen molar-refractivity contribution < 1.29 is 4.74 Å². The molecule has 1 N–H and O–H groups in total. The van der Waals surface area contributed by atoms with E-state index in [0.29, 0.717) is 18.1 Å². The number of aryl methyl sites for hydroxylation is 2. The van der Waals surface area contributed by atoms with E-state index in [9.17, 15) is 0 Å². The van der Waals surface area contributed by atoms with Gasteiger partial charge in [0.05, 0.1) is 12.1 Å². The SMILES string of the molecule is CCOc1ccc2[nH]c(-c3ccc4c(c3)CCC4)nc2n1. The second kappa shape index (κ2) is 4.88. The van der Waals surface area contributed by atoms with E-state index in [1.54, 1.807) is 0 Å². The van der Waals surface area contributed by atoms with Gasteiger partial charge in [-0.1, -0.05) is 12.1 Å². The average molecular weight is 279 g/mol. The van der Waals surface area contributed by atoms with Gasteiger partial charge in [-0.25, -0.2) is 4.98 Å². The van der Waals surface area contributed by atoms with E-state index in [4.69, 9.17) is 4.74 Å². The molecule has 0 atom stereocenters. The number of benzene rings is 1. The predicted octanol–water partition coefficient (Wildman–Crippen LogP) is 3.51. The Hall–Kier alpha value is -2.36. The molecular weight excluding hydrogens is 262 g/mol. The highest BCUT2D eigenvalue weighted by molar-refractivity contribution is 5.76. The van der Waals surface area contributed by atoms with E-state index in [1.165, 1.54) is 30.4 Å². The fourth-order valence-electron chi connectivity index (χ4n) is 2.96. The van der Waals surface area contributed by atoms with Crippen molar-refractivity contribution in [3.63, 3.8) is 0 Å². The Morgan fingerprint density at radius 3 is 2.90 bits per heavy atom. The standard InChI is InChI=1S/C17H17N3O/c1-2-21-15-9-8-14-17(19-15)20-16(18-14)13-7-6-11-4-3-5-12(11)10-13/h6-10H,2-5H2,1H3,(H,18,19,20). The molecule has 0 aliphatic heterocycles. The number of nitrogens with zero attached hydrogens (tertiary/aromatic N) is 2. The molecule has 0 unspecified atom stereocenters. The smallest absolute Gasteiger partial charge is 0.215 e. The van der Waals surface area contributed by atoms with Gasteiger partial charge in [0, 0.05) is 11.6 Å². The Morgan fingerprint density at radius 1 is 1.10 bits per heavy atom. The summed E-state index contributed by atoms with van der Waals surface area (Å²) in [6.07, 6.45) is 3.64. The fourth-order valence-corrected chi connectivity index (χ4v) is 2.96. The molecule has 0 spiro atoms. The van der Waals surface area contributed by atoms with Crippen LogP contribution in [0.15, 0.2) is 30.3 Å². The zero-order chi connectivity index (χ0) is 14.2. The number of ether oxygens (including phenoxy) is 1. The molecule has 1 aliphatic rings. The van der Waals surface area contributed by atoms with Crippen LogP contribution in [-0.2, 0) is 12.8 Å². The lowest BCUT2D eigenvalue weighted by atomic mass is 10.1. The maximum atomic E-state index is 5.42. The number of fused-ring (bicyclic) bond motifs is 2. The summed E-state index contributed by atoms with van der Waals surface area (Å²) >= 11 is 0. The molecule has 4 nitrogen and oxygen atoms in total. The molecular formula is C17H17N3O. The third-order valence-electron chi connectivity index (χ3n) is 3.98. The van der Waals surface area contributed by atoms with E-state index < -0.39 is 0 Å². The number of nitrogens with one attached hydrogen (secondary N) is 1. The van der Waals surface area contributed by atoms with Crippen molar-refractivity contribution >= 4 is 11.2 Å². The first-order chi connectivity index (χ1) is 10.3. The third-order valence-corrected chi connectivity index (χ3v) is 3.98. The molecule has 2 aromatic heterocycles. The Morgan fingerprint density at radius 2 is 2.00 bits per heavy atom. The summed E-state index contributed by atoms with van der Waals surface area (Å²) in [5.74, 6) is 1.50. The molecule has 2 heterocycles. The molecule has 106 valence electrons. The summed E-state index contributed by atoms with van der Waals surface area (Å²) in [6.45, 7) is 2.56. The van der Waals surface area contributed by atoms with Crippen molar-refractivity contribution in [2.75, 3.05) is 6.61 Å². The molecule has 0 radical (unpaired) electrons. The minimum atomic E-state index is 0.612. The third kappa shape index (κ3) is 2.17. The summed E-state index contributed by atoms with van der Waals surface area (Å²) in [7, 11) is 0. The molecule has 1 aliphatic carbocycles. The predicted molar refractivity (Wildman–Crippen MR) is 82.5 cm³/mol. The van der Waals surface area contributed by atoms with Crippen molar-refractivity contribution in [1.82, 2.24) is 15.0 Å². The molecule has 21 heavy (non-hydrogen) atoms. The van der Waals surface area contributed by atoms with Crippen molar-refractivity contribution in [1.29, 1.82) is 0 Å². The number of hydrogen-bond acceptors (Lipinski definition) is 3. The van der Waals surface area contributed by atoms with Gasteiger partial charge in [-0.3, -0.25) is 0 Å². The summed E-state index contributed by atoms with van der Waals surface area (Å²) in [4.78, 5) is 12.4. The van der Waals surface area contributed by atoms with Crippen molar-refractivity contribution in [3.05, 3.63) is 41.5 Å². The first kappa shape index (κ1) is 12.4. The van der Waals surface area contributed by atoms with Gasteiger partial charge in [-0.05, 0) is 49.4 Å². The minimum absolute atomic E-state index is 0.612. The van der Waals surface area contributed by atoms with Crippen LogP contribution in [0.3, 0.4) is 0 Å². The van der Waals surface area contributed by atoms with Crippen LogP contribution < -0.4 is 4.74 Å². The van der Waals surface area contributed by atoms with Crippen LogP contribution in [-0.4, -0.2) is 21.6 Å². The number of rotatable bonds is 3. The zero-order valence-corrected chi connectivity index (χ0v) is 12.0. The maximum absolute atomic E-state index is 5.42. The van der Waals surface area contributed by atoms with Crippen LogP contribution in [0.5, 0.6) is 5.88 Å². The largest absolute Gasteiger partial charge is 0.478 e. The van der Waals surface area contributed by atoms with Gasteiger partial charge >= 0.3 is 0 Å². The van der Waals surface area contributed by atoms with Crippen molar-refractivity contribution in [2.24, 2.45) is 0 Å². The fraction of sp³-hybridized carbons (Fsp3) is 0.294. The van der Waals surface area contributed by atoms with Crippen LogP contribution >= 0.6 is 0 Å². The van der Waals surface area contributed by atoms with Crippen LogP contribution in [0.25, 0.3) is 22.6 Å². The van der Waals surface area contributed by atoms with Crippen LogP contribution in [0.2, 0.25) is 0 Å². The number of H-pyrrole nitrogens is 1. The lowest BCUT2D eigenvalue weighted by Gasteiger charge is -2.01. The topological polar surface area (TPSA) is 50.8 Å². The molecule has 1 aromatic carbocycles. The van der Waals surface area contributed by atoms with E-state index >= 15 is 0 Å². The van der Waals surface area contributed by atoms with E-state index in [2.05, 4.69) is 33.2 Å². The molecule has 0 bridgehead atoms. The second-order valence-electron chi connectivity index (χ2n) is 5.38. The molecule has 0 saturated heterocycles. The first-order valence-electron chi connectivity index (χ1n) is 7.45. The minimum Gasteiger partial charge on any atom is -0.478 e. The molecule has 0 amide bonds. The van der Waals surface area contributed by atoms with Crippen molar-refractivity contribution in [3.8, 4) is 17.3 Å². The number of imidazole rings is 1. The Kier molecular flexibility index (Phi) is 2.88. The van der Waals surface area contributed by atoms with Crippen LogP contribution in [0.4, 0.5) is 0 Å². The Balaban J connectivity index is 1.76. The quantitative estimate of drug-likeness (QED) is 0.798. The van der Waals surface area contributed by atoms with Crippen molar-refractivity contribution in [2.45, 2.75) is 26.2 Å². The highest BCUT2D eigenvalue weighted by atomic mass is 16.5. The molecule has 4 rings (SSSR count). The van der Waals surface area contributed by atoms with Gasteiger partial charge in [-0.15, -0.1) is 0 Å². The molecule has 0 fully saturated rings. The number of aromatic nitrogens is 3. The summed E-state index contributed by atoms with van der Waals surface area (Å²) in [5.41, 5.74) is 5.71. The maximum Gasteiger partial charge on any atom is 0.215 e. The number of aromatic amines is 1. The average Bonchev–Trinajstić information content (AvgIpc) is 3.12. The summed E-state index contributed by atoms with van der Waals surface area (Å²) < 4.78 is 5.42. The monoisotopic (exact) mass is 279 g/mol. The summed E-state index contributed by atoms with van der Waals surface area (Å²) in [6, 6.07) is 10.5. The number of pyridine rings is 1. The van der Waals surface area contributed by atoms with Crippen LogP contribution in [0.1, 0.15) is 24.5 Å². The Labute approximate surface area is 123 Å².